The molecule has 0 amide bonds. The smallest absolute Gasteiger partial charge is 0.000697 e. The van der Waals surface area contributed by atoms with Crippen molar-refractivity contribution in [2.45, 2.75) is 6.92 Å². The minimum atomic E-state index is 1.22. The van der Waals surface area contributed by atoms with Crippen molar-refractivity contribution in [2.24, 2.45) is 0 Å². The molecule has 0 nitrogen and oxygen atoms in total. The van der Waals surface area contributed by atoms with Gasteiger partial charge in [-0.05, 0) is 172 Å². The lowest BCUT2D eigenvalue weighted by Gasteiger charge is -2.19. The molecule has 14 aromatic carbocycles. The minimum absolute atomic E-state index is 1.22. The van der Waals surface area contributed by atoms with Gasteiger partial charge < -0.3 is 0 Å². The molecular formula is C61H36. The molecule has 0 saturated heterocycles. The van der Waals surface area contributed by atoms with Gasteiger partial charge in [0.15, 0.2) is 0 Å². The number of benzene rings is 11. The Labute approximate surface area is 352 Å². The summed E-state index contributed by atoms with van der Waals surface area (Å²) in [5.74, 6) is 0. The molecule has 0 aliphatic carbocycles. The predicted molar refractivity (Wildman–Crippen MR) is 265 cm³/mol. The molecule has 61 heavy (non-hydrogen) atoms. The third kappa shape index (κ3) is 4.39. The Hall–Kier alpha value is -7.80. The van der Waals surface area contributed by atoms with E-state index in [0.29, 0.717) is 0 Å². The van der Waals surface area contributed by atoms with E-state index < -0.39 is 0 Å². The van der Waals surface area contributed by atoms with Gasteiger partial charge in [-0.25, -0.2) is 0 Å². The van der Waals surface area contributed by atoms with Crippen molar-refractivity contribution in [3.8, 4) is 33.4 Å². The molecule has 14 aromatic rings. The van der Waals surface area contributed by atoms with Crippen LogP contribution in [-0.2, 0) is 0 Å². The van der Waals surface area contributed by atoms with Crippen LogP contribution < -0.4 is 0 Å². The topological polar surface area (TPSA) is 0 Å². The average Bonchev–Trinajstić information content (AvgIpc) is 3.82. The summed E-state index contributed by atoms with van der Waals surface area (Å²) in [5, 5.41) is 26.2. The van der Waals surface area contributed by atoms with Gasteiger partial charge in [0.2, 0.25) is 0 Å². The van der Waals surface area contributed by atoms with Gasteiger partial charge in [0.05, 0.1) is 0 Å². The molecular weight excluding hydrogens is 733 g/mol. The van der Waals surface area contributed by atoms with Gasteiger partial charge in [-0.1, -0.05) is 182 Å². The second-order valence-corrected chi connectivity index (χ2v) is 17.1. The SMILES string of the molecule is Cc1c2ccc3c1c(cc1ccc4cc5c6c(-c7ccccc7-c7ccccc7)c7ccccc7c(-c7ccccc7)c6c6ccc2c(c4c1)c65)c1ccc2ccccc2c13. The van der Waals surface area contributed by atoms with E-state index >= 15 is 0 Å². The van der Waals surface area contributed by atoms with E-state index in [9.17, 15) is 0 Å². The van der Waals surface area contributed by atoms with Crippen molar-refractivity contribution in [1.29, 1.82) is 0 Å². The maximum atomic E-state index is 2.51. The number of hydrogen-bond acceptors (Lipinski definition) is 0. The number of hydrogen-bond donors (Lipinski definition) is 0. The van der Waals surface area contributed by atoms with Crippen LogP contribution in [0.2, 0.25) is 0 Å². The molecule has 0 radical (unpaired) electrons. The first kappa shape index (κ1) is 33.1. The number of aryl methyl sites for hydroxylation is 1. The zero-order chi connectivity index (χ0) is 39.9. The standard InChI is InChI=1S/C61H36/c1-35-41-28-30-49-54(35)52(48-27-26-38-16-8-9-20-43(38)56(48)49)33-36-24-25-40-34-53-59-50(31-29-47(41)58(59)51(40)32-36)60-55(39-17-6-3-7-18-39)45-22-12-13-23-46(45)57(61(53)60)44-21-11-10-19-42(44)37-14-4-2-5-15-37/h2-34H,1H3. The van der Waals surface area contributed by atoms with E-state index in [1.807, 2.05) is 0 Å². The summed E-state index contributed by atoms with van der Waals surface area (Å²) in [5.41, 5.74) is 8.90. The second-order valence-electron chi connectivity index (χ2n) is 17.1. The van der Waals surface area contributed by atoms with Crippen molar-refractivity contribution < 1.29 is 0 Å². The van der Waals surface area contributed by atoms with E-state index in [1.165, 1.54) is 147 Å². The fourth-order valence-corrected chi connectivity index (χ4v) is 11.6. The monoisotopic (exact) mass is 768 g/mol. The van der Waals surface area contributed by atoms with Crippen LogP contribution >= 0.6 is 0 Å². The van der Waals surface area contributed by atoms with E-state index in [4.69, 9.17) is 0 Å². The van der Waals surface area contributed by atoms with Crippen LogP contribution in [0.5, 0.6) is 0 Å². The molecule has 0 aliphatic heterocycles. The minimum Gasteiger partial charge on any atom is -0.0622 e. The molecule has 0 aliphatic rings. The third-order valence-corrected chi connectivity index (χ3v) is 14.0. The fraction of sp³-hybridized carbons (Fsp3) is 0.0164. The molecule has 0 heterocycles. The van der Waals surface area contributed by atoms with Gasteiger partial charge in [0.1, 0.15) is 0 Å². The van der Waals surface area contributed by atoms with E-state index in [0.717, 1.165) is 0 Å². The lowest BCUT2D eigenvalue weighted by molar-refractivity contribution is 1.61. The third-order valence-electron chi connectivity index (χ3n) is 14.0. The molecule has 0 heteroatoms. The molecule has 0 unspecified atom stereocenters. The maximum Gasteiger partial charge on any atom is -0.000697 e. The van der Waals surface area contributed by atoms with Crippen LogP contribution in [0.1, 0.15) is 5.56 Å². The predicted octanol–water partition coefficient (Wildman–Crippen LogP) is 17.4. The Kier molecular flexibility index (Phi) is 6.58. The first-order valence-electron chi connectivity index (χ1n) is 21.4. The van der Waals surface area contributed by atoms with Crippen LogP contribution in [0.3, 0.4) is 0 Å². The van der Waals surface area contributed by atoms with Gasteiger partial charge in [-0.3, -0.25) is 0 Å². The van der Waals surface area contributed by atoms with E-state index in [1.54, 1.807) is 0 Å². The van der Waals surface area contributed by atoms with Crippen LogP contribution in [0, 0.1) is 6.92 Å². The lowest BCUT2D eigenvalue weighted by atomic mass is 9.84. The normalized spacial score (nSPS) is 12.3. The van der Waals surface area contributed by atoms with Gasteiger partial charge in [0.25, 0.3) is 0 Å². The Bertz CT molecular complexity index is 4140. The summed E-state index contributed by atoms with van der Waals surface area (Å²) < 4.78 is 0. The quantitative estimate of drug-likeness (QED) is 0.157. The Balaban J connectivity index is 1.24. The molecule has 0 atom stereocenters. The molecule has 0 spiro atoms. The van der Waals surface area contributed by atoms with Crippen molar-refractivity contribution in [3.05, 3.63) is 206 Å². The summed E-state index contributed by atoms with van der Waals surface area (Å²) in [7, 11) is 0. The maximum absolute atomic E-state index is 2.51. The first-order valence-corrected chi connectivity index (χ1v) is 21.4. The number of fused-ring (bicyclic) bond motifs is 12. The zero-order valence-corrected chi connectivity index (χ0v) is 33.6. The molecule has 280 valence electrons. The summed E-state index contributed by atoms with van der Waals surface area (Å²) in [6.45, 7) is 2.36. The van der Waals surface area contributed by atoms with Gasteiger partial charge >= 0.3 is 0 Å². The fourth-order valence-electron chi connectivity index (χ4n) is 11.6. The highest BCUT2D eigenvalue weighted by Crippen LogP contribution is 2.55. The molecule has 4 bridgehead atoms. The highest BCUT2D eigenvalue weighted by molar-refractivity contribution is 6.45. The van der Waals surface area contributed by atoms with Crippen LogP contribution in [-0.4, -0.2) is 0 Å². The van der Waals surface area contributed by atoms with Crippen LogP contribution in [0.15, 0.2) is 200 Å². The molecule has 0 aromatic heterocycles. The first-order chi connectivity index (χ1) is 30.2. The second kappa shape index (κ2) is 12.1. The Morgan fingerprint density at radius 1 is 0.246 bits per heavy atom. The highest BCUT2D eigenvalue weighted by atomic mass is 14.3. The van der Waals surface area contributed by atoms with Gasteiger partial charge in [-0.2, -0.15) is 0 Å². The highest BCUT2D eigenvalue weighted by Gasteiger charge is 2.26. The molecule has 0 N–H and O–H groups in total. The summed E-state index contributed by atoms with van der Waals surface area (Å²) in [6.07, 6.45) is 0. The van der Waals surface area contributed by atoms with Gasteiger partial charge in [-0.15, -0.1) is 0 Å². The summed E-state index contributed by atoms with van der Waals surface area (Å²) >= 11 is 0. The molecule has 14 rings (SSSR count). The average molecular weight is 769 g/mol. The van der Waals surface area contributed by atoms with E-state index in [2.05, 4.69) is 207 Å². The van der Waals surface area contributed by atoms with Gasteiger partial charge in [0, 0.05) is 0 Å². The van der Waals surface area contributed by atoms with Crippen LogP contribution in [0.25, 0.3) is 141 Å². The van der Waals surface area contributed by atoms with Crippen molar-refractivity contribution in [1.82, 2.24) is 0 Å². The largest absolute Gasteiger partial charge is 0.0622 e. The molecule has 0 fully saturated rings. The Morgan fingerprint density at radius 3 is 1.59 bits per heavy atom. The zero-order valence-electron chi connectivity index (χ0n) is 33.6. The van der Waals surface area contributed by atoms with Crippen molar-refractivity contribution >= 4 is 108 Å². The number of rotatable bonds is 3. The molecule has 0 saturated carbocycles. The van der Waals surface area contributed by atoms with Crippen molar-refractivity contribution in [2.75, 3.05) is 0 Å². The summed E-state index contributed by atoms with van der Waals surface area (Å²) in [6, 6.07) is 75.5. The summed E-state index contributed by atoms with van der Waals surface area (Å²) in [4.78, 5) is 0. The van der Waals surface area contributed by atoms with Crippen molar-refractivity contribution in [3.63, 3.8) is 0 Å². The lowest BCUT2D eigenvalue weighted by Crippen LogP contribution is -1.91. The Morgan fingerprint density at radius 2 is 0.787 bits per heavy atom. The van der Waals surface area contributed by atoms with Crippen LogP contribution in [0.4, 0.5) is 0 Å². The van der Waals surface area contributed by atoms with E-state index in [-0.39, 0.29) is 0 Å².